The Morgan fingerprint density at radius 1 is 1.33 bits per heavy atom. The highest BCUT2D eigenvalue weighted by Gasteiger charge is 2.04. The number of amidine groups is 1. The molecular formula is C15H25N3O3. The zero-order valence-electron chi connectivity index (χ0n) is 12.8. The summed E-state index contributed by atoms with van der Waals surface area (Å²) in [7, 11) is 3.73. The predicted octanol–water partition coefficient (Wildman–Crippen LogP) is 1.27. The van der Waals surface area contributed by atoms with E-state index in [4.69, 9.17) is 20.4 Å². The van der Waals surface area contributed by atoms with E-state index in [1.165, 1.54) is 0 Å². The minimum absolute atomic E-state index is 0.131. The van der Waals surface area contributed by atoms with Gasteiger partial charge in [0.15, 0.2) is 5.84 Å². The lowest BCUT2D eigenvalue weighted by molar-refractivity contribution is 0.0660. The molecule has 0 saturated heterocycles. The molecule has 0 radical (unpaired) electrons. The fraction of sp³-hybridized carbons (Fsp3) is 0.533. The van der Waals surface area contributed by atoms with Gasteiger partial charge in [-0.3, -0.25) is 0 Å². The van der Waals surface area contributed by atoms with Crippen LogP contribution >= 0.6 is 0 Å². The Morgan fingerprint density at radius 2 is 2.14 bits per heavy atom. The van der Waals surface area contributed by atoms with Crippen molar-refractivity contribution in [1.82, 2.24) is 4.90 Å². The molecule has 0 atom stereocenters. The van der Waals surface area contributed by atoms with Crippen molar-refractivity contribution in [2.24, 2.45) is 10.9 Å². The first-order valence-electron chi connectivity index (χ1n) is 6.99. The maximum Gasteiger partial charge on any atom is 0.170 e. The van der Waals surface area contributed by atoms with Gasteiger partial charge >= 0.3 is 0 Å². The summed E-state index contributed by atoms with van der Waals surface area (Å²) < 4.78 is 10.3. The fourth-order valence-corrected chi connectivity index (χ4v) is 1.96. The lowest BCUT2D eigenvalue weighted by Crippen LogP contribution is -2.21. The van der Waals surface area contributed by atoms with Crippen molar-refractivity contribution in [1.29, 1.82) is 0 Å². The Balaban J connectivity index is 2.32. The van der Waals surface area contributed by atoms with Gasteiger partial charge in [0.1, 0.15) is 0 Å². The number of ether oxygens (including phenoxy) is 2. The summed E-state index contributed by atoms with van der Waals surface area (Å²) in [4.78, 5) is 2.21. The van der Waals surface area contributed by atoms with Crippen molar-refractivity contribution < 1.29 is 14.7 Å². The van der Waals surface area contributed by atoms with Crippen LogP contribution in [0.4, 0.5) is 0 Å². The molecule has 6 nitrogen and oxygen atoms in total. The van der Waals surface area contributed by atoms with Crippen molar-refractivity contribution in [3.63, 3.8) is 0 Å². The van der Waals surface area contributed by atoms with Crippen LogP contribution in [0.2, 0.25) is 0 Å². The molecule has 21 heavy (non-hydrogen) atoms. The van der Waals surface area contributed by atoms with Crippen molar-refractivity contribution in [3.05, 3.63) is 35.4 Å². The van der Waals surface area contributed by atoms with Gasteiger partial charge < -0.3 is 25.3 Å². The zero-order valence-corrected chi connectivity index (χ0v) is 12.8. The minimum atomic E-state index is 0.131. The molecule has 0 bridgehead atoms. The largest absolute Gasteiger partial charge is 0.409 e. The van der Waals surface area contributed by atoms with Crippen LogP contribution in [-0.4, -0.2) is 56.5 Å². The minimum Gasteiger partial charge on any atom is -0.409 e. The Bertz CT molecular complexity index is 438. The van der Waals surface area contributed by atoms with Gasteiger partial charge in [0.25, 0.3) is 0 Å². The van der Waals surface area contributed by atoms with Crippen molar-refractivity contribution in [2.75, 3.05) is 40.5 Å². The quantitative estimate of drug-likeness (QED) is 0.223. The summed E-state index contributed by atoms with van der Waals surface area (Å²) in [5, 5.41) is 11.7. The highest BCUT2D eigenvalue weighted by molar-refractivity contribution is 5.97. The first-order valence-corrected chi connectivity index (χ1v) is 6.99. The number of hydrogen-bond donors (Lipinski definition) is 2. The average molecular weight is 295 g/mol. The normalized spacial score (nSPS) is 12.0. The van der Waals surface area contributed by atoms with E-state index in [1.54, 1.807) is 7.11 Å². The van der Waals surface area contributed by atoms with Crippen LogP contribution in [0.3, 0.4) is 0 Å². The number of nitrogens with two attached hydrogens (primary N) is 1. The van der Waals surface area contributed by atoms with E-state index in [0.29, 0.717) is 13.2 Å². The smallest absolute Gasteiger partial charge is 0.170 e. The van der Waals surface area contributed by atoms with E-state index in [-0.39, 0.29) is 5.84 Å². The topological polar surface area (TPSA) is 80.3 Å². The Hall–Kier alpha value is -1.63. The summed E-state index contributed by atoms with van der Waals surface area (Å²) in [6, 6.07) is 7.69. The van der Waals surface area contributed by atoms with E-state index >= 15 is 0 Å². The van der Waals surface area contributed by atoms with Gasteiger partial charge in [-0.1, -0.05) is 23.4 Å². The van der Waals surface area contributed by atoms with Crippen LogP contribution in [0.25, 0.3) is 0 Å². The molecule has 0 aromatic heterocycles. The number of oxime groups is 1. The van der Waals surface area contributed by atoms with Gasteiger partial charge in [0.05, 0.1) is 13.2 Å². The van der Waals surface area contributed by atoms with Crippen LogP contribution in [0.1, 0.15) is 17.5 Å². The maximum atomic E-state index is 8.70. The third-order valence-electron chi connectivity index (χ3n) is 3.04. The third-order valence-corrected chi connectivity index (χ3v) is 3.04. The van der Waals surface area contributed by atoms with Gasteiger partial charge in [0.2, 0.25) is 0 Å². The third kappa shape index (κ3) is 7.08. The fourth-order valence-electron chi connectivity index (χ4n) is 1.96. The monoisotopic (exact) mass is 295 g/mol. The summed E-state index contributed by atoms with van der Waals surface area (Å²) in [5.74, 6) is 0.131. The van der Waals surface area contributed by atoms with Crippen LogP contribution in [0.5, 0.6) is 0 Å². The second kappa shape index (κ2) is 10.1. The van der Waals surface area contributed by atoms with Crippen LogP contribution in [-0.2, 0) is 16.0 Å². The highest BCUT2D eigenvalue weighted by Crippen LogP contribution is 2.08. The molecule has 1 aromatic carbocycles. The lowest BCUT2D eigenvalue weighted by Gasteiger charge is -2.17. The Labute approximate surface area is 126 Å². The second-order valence-electron chi connectivity index (χ2n) is 4.88. The van der Waals surface area contributed by atoms with Crippen LogP contribution in [0, 0.1) is 0 Å². The number of rotatable bonds is 10. The Morgan fingerprint density at radius 3 is 2.86 bits per heavy atom. The molecule has 0 saturated carbocycles. The molecule has 0 aliphatic heterocycles. The summed E-state index contributed by atoms with van der Waals surface area (Å²) in [6.07, 6.45) is 0.972. The van der Waals surface area contributed by atoms with Gasteiger partial charge in [-0.25, -0.2) is 0 Å². The lowest BCUT2D eigenvalue weighted by atomic mass is 10.1. The van der Waals surface area contributed by atoms with Crippen LogP contribution in [0.15, 0.2) is 29.4 Å². The van der Waals surface area contributed by atoms with Gasteiger partial charge in [-0.2, -0.15) is 0 Å². The predicted molar refractivity (Wildman–Crippen MR) is 82.6 cm³/mol. The molecule has 1 aromatic rings. The summed E-state index contributed by atoms with van der Waals surface area (Å²) in [6.45, 7) is 3.77. The van der Waals surface area contributed by atoms with Crippen molar-refractivity contribution in [2.45, 2.75) is 13.0 Å². The van der Waals surface area contributed by atoms with E-state index < -0.39 is 0 Å². The number of nitrogens with zero attached hydrogens (tertiary/aromatic N) is 2. The van der Waals surface area contributed by atoms with Crippen molar-refractivity contribution in [3.8, 4) is 0 Å². The molecule has 0 unspecified atom stereocenters. The van der Waals surface area contributed by atoms with E-state index in [0.717, 1.165) is 37.2 Å². The van der Waals surface area contributed by atoms with Crippen molar-refractivity contribution >= 4 is 5.84 Å². The van der Waals surface area contributed by atoms with Gasteiger partial charge in [0, 0.05) is 32.4 Å². The first kappa shape index (κ1) is 17.4. The summed E-state index contributed by atoms with van der Waals surface area (Å²) >= 11 is 0. The molecule has 0 heterocycles. The molecule has 0 aliphatic carbocycles. The molecule has 118 valence electrons. The maximum absolute atomic E-state index is 8.70. The molecule has 1 rings (SSSR count). The van der Waals surface area contributed by atoms with Gasteiger partial charge in [-0.05, 0) is 25.1 Å². The molecule has 0 fully saturated rings. The summed E-state index contributed by atoms with van der Waals surface area (Å²) in [5.41, 5.74) is 7.45. The van der Waals surface area contributed by atoms with Crippen LogP contribution < -0.4 is 5.73 Å². The van der Waals surface area contributed by atoms with Gasteiger partial charge in [-0.15, -0.1) is 0 Å². The SMILES string of the molecule is COCCOCCCN(C)Cc1cccc(/C(N)=N/O)c1. The number of hydrogen-bond acceptors (Lipinski definition) is 5. The van der Waals surface area contributed by atoms with E-state index in [1.807, 2.05) is 24.3 Å². The Kier molecular flexibility index (Phi) is 8.42. The molecule has 6 heteroatoms. The standard InChI is InChI=1S/C15H25N3O3/c1-18(7-4-8-21-10-9-20-2)12-13-5-3-6-14(11-13)15(16)17-19/h3,5-6,11,19H,4,7-10,12H2,1-2H3,(H2,16,17). The highest BCUT2D eigenvalue weighted by atomic mass is 16.5. The average Bonchev–Trinajstić information content (AvgIpc) is 2.50. The molecule has 0 spiro atoms. The number of methoxy groups -OCH3 is 1. The second-order valence-corrected chi connectivity index (χ2v) is 4.88. The van der Waals surface area contributed by atoms with E-state index in [2.05, 4.69) is 17.1 Å². The van der Waals surface area contributed by atoms with E-state index in [9.17, 15) is 0 Å². The molecule has 0 aliphatic rings. The molecule has 0 amide bonds. The number of benzene rings is 1. The molecular weight excluding hydrogens is 270 g/mol. The molecule has 3 N–H and O–H groups in total. The first-order chi connectivity index (χ1) is 10.2. The zero-order chi connectivity index (χ0) is 15.5.